The molecular formula is C18H20N2O3. The summed E-state index contributed by atoms with van der Waals surface area (Å²) in [6.07, 6.45) is 2.76. The Balaban J connectivity index is 1.90. The van der Waals surface area contributed by atoms with Gasteiger partial charge in [-0.2, -0.15) is 5.10 Å². The van der Waals surface area contributed by atoms with Crippen molar-refractivity contribution < 1.29 is 14.6 Å². The molecule has 0 bridgehead atoms. The van der Waals surface area contributed by atoms with Crippen molar-refractivity contribution in [3.05, 3.63) is 59.2 Å². The molecule has 5 nitrogen and oxygen atoms in total. The number of hydrazone groups is 1. The smallest absolute Gasteiger partial charge is 0.244 e. The topological polar surface area (TPSA) is 70.9 Å². The van der Waals surface area contributed by atoms with Crippen LogP contribution in [-0.2, 0) is 17.6 Å². The summed E-state index contributed by atoms with van der Waals surface area (Å²) in [4.78, 5) is 11.8. The molecule has 0 aliphatic heterocycles. The Morgan fingerprint density at radius 2 is 1.91 bits per heavy atom. The highest BCUT2D eigenvalue weighted by Crippen LogP contribution is 2.25. The maximum Gasteiger partial charge on any atom is 0.244 e. The van der Waals surface area contributed by atoms with Gasteiger partial charge in [0.1, 0.15) is 0 Å². The summed E-state index contributed by atoms with van der Waals surface area (Å²) in [5.41, 5.74) is 5.39. The van der Waals surface area contributed by atoms with Gasteiger partial charge in [0, 0.05) is 0 Å². The van der Waals surface area contributed by atoms with Gasteiger partial charge in [-0.25, -0.2) is 5.43 Å². The molecule has 1 amide bonds. The van der Waals surface area contributed by atoms with Crippen LogP contribution in [0.3, 0.4) is 0 Å². The molecule has 0 aliphatic carbocycles. The van der Waals surface area contributed by atoms with E-state index >= 15 is 0 Å². The van der Waals surface area contributed by atoms with Crippen molar-refractivity contribution in [2.75, 3.05) is 7.11 Å². The number of amides is 1. The molecule has 2 aromatic rings. The quantitative estimate of drug-likeness (QED) is 0.636. The second kappa shape index (κ2) is 7.98. The number of ether oxygens (including phenoxy) is 1. The highest BCUT2D eigenvalue weighted by atomic mass is 16.5. The van der Waals surface area contributed by atoms with Gasteiger partial charge in [0.15, 0.2) is 11.5 Å². The first-order chi connectivity index (χ1) is 11.1. The first kappa shape index (κ1) is 16.5. The van der Waals surface area contributed by atoms with E-state index in [2.05, 4.69) is 17.5 Å². The minimum absolute atomic E-state index is 0.0595. The minimum Gasteiger partial charge on any atom is -0.504 e. The third-order valence-electron chi connectivity index (χ3n) is 3.40. The van der Waals surface area contributed by atoms with E-state index in [1.807, 2.05) is 24.3 Å². The van der Waals surface area contributed by atoms with Crippen molar-refractivity contribution in [1.29, 1.82) is 0 Å². The van der Waals surface area contributed by atoms with Gasteiger partial charge in [-0.15, -0.1) is 0 Å². The Kier molecular flexibility index (Phi) is 5.74. The molecule has 0 spiro atoms. The SMILES string of the molecule is CCc1ccc(CC(=O)N/N=C/c2ccc(O)c(OC)c2)cc1. The number of hydrogen-bond acceptors (Lipinski definition) is 4. The first-order valence-corrected chi connectivity index (χ1v) is 7.39. The number of rotatable bonds is 6. The highest BCUT2D eigenvalue weighted by molar-refractivity contribution is 5.84. The van der Waals surface area contributed by atoms with Crippen LogP contribution in [0.25, 0.3) is 0 Å². The largest absolute Gasteiger partial charge is 0.504 e. The van der Waals surface area contributed by atoms with Crippen LogP contribution in [0.2, 0.25) is 0 Å². The van der Waals surface area contributed by atoms with Crippen LogP contribution in [0.15, 0.2) is 47.6 Å². The predicted octanol–water partition coefficient (Wildman–Crippen LogP) is 2.66. The number of benzene rings is 2. The molecule has 23 heavy (non-hydrogen) atoms. The van der Waals surface area contributed by atoms with E-state index in [1.54, 1.807) is 12.1 Å². The molecule has 0 fully saturated rings. The maximum absolute atomic E-state index is 11.8. The van der Waals surface area contributed by atoms with Gasteiger partial charge in [-0.05, 0) is 41.3 Å². The zero-order valence-corrected chi connectivity index (χ0v) is 13.2. The molecular weight excluding hydrogens is 292 g/mol. The normalized spacial score (nSPS) is 10.7. The fourth-order valence-electron chi connectivity index (χ4n) is 2.07. The zero-order valence-electron chi connectivity index (χ0n) is 13.2. The van der Waals surface area contributed by atoms with Crippen LogP contribution in [-0.4, -0.2) is 24.3 Å². The van der Waals surface area contributed by atoms with Crippen LogP contribution in [0.1, 0.15) is 23.6 Å². The van der Waals surface area contributed by atoms with Crippen molar-refractivity contribution in [1.82, 2.24) is 5.43 Å². The molecule has 0 atom stereocenters. The summed E-state index contributed by atoms with van der Waals surface area (Å²) >= 11 is 0. The van der Waals surface area contributed by atoms with Gasteiger partial charge >= 0.3 is 0 Å². The van der Waals surface area contributed by atoms with Crippen molar-refractivity contribution in [2.45, 2.75) is 19.8 Å². The Labute approximate surface area is 135 Å². The van der Waals surface area contributed by atoms with Gasteiger partial charge < -0.3 is 9.84 Å². The number of aromatic hydroxyl groups is 1. The maximum atomic E-state index is 11.8. The lowest BCUT2D eigenvalue weighted by molar-refractivity contribution is -0.120. The summed E-state index contributed by atoms with van der Waals surface area (Å²) in [6, 6.07) is 12.8. The second-order valence-electron chi connectivity index (χ2n) is 5.07. The van der Waals surface area contributed by atoms with E-state index in [1.165, 1.54) is 25.0 Å². The molecule has 0 unspecified atom stereocenters. The Morgan fingerprint density at radius 3 is 2.57 bits per heavy atom. The average Bonchev–Trinajstić information content (AvgIpc) is 2.57. The van der Waals surface area contributed by atoms with E-state index in [4.69, 9.17) is 4.74 Å². The van der Waals surface area contributed by atoms with E-state index in [9.17, 15) is 9.90 Å². The molecule has 0 aromatic heterocycles. The summed E-state index contributed by atoms with van der Waals surface area (Å²) < 4.78 is 5.01. The van der Waals surface area contributed by atoms with Crippen molar-refractivity contribution >= 4 is 12.1 Å². The number of methoxy groups -OCH3 is 1. The zero-order chi connectivity index (χ0) is 16.7. The summed E-state index contributed by atoms with van der Waals surface area (Å²) in [7, 11) is 1.47. The number of carbonyl (C=O) groups is 1. The molecule has 2 N–H and O–H groups in total. The Hall–Kier alpha value is -2.82. The number of phenolic OH excluding ortho intramolecular Hbond substituents is 1. The molecule has 0 saturated heterocycles. The summed E-state index contributed by atoms with van der Waals surface area (Å²) in [5.74, 6) is 0.233. The van der Waals surface area contributed by atoms with Crippen LogP contribution < -0.4 is 10.2 Å². The minimum atomic E-state index is -0.184. The summed E-state index contributed by atoms with van der Waals surface area (Å²) in [6.45, 7) is 2.09. The van der Waals surface area contributed by atoms with Gasteiger partial charge in [-0.1, -0.05) is 31.2 Å². The van der Waals surface area contributed by atoms with Crippen LogP contribution in [0, 0.1) is 0 Å². The number of phenols is 1. The van der Waals surface area contributed by atoms with Crippen LogP contribution in [0.4, 0.5) is 0 Å². The number of carbonyl (C=O) groups excluding carboxylic acids is 1. The lowest BCUT2D eigenvalue weighted by Crippen LogP contribution is -2.19. The molecule has 2 rings (SSSR count). The summed E-state index contributed by atoms with van der Waals surface area (Å²) in [5, 5.41) is 13.4. The van der Waals surface area contributed by atoms with Gasteiger partial charge in [0.25, 0.3) is 0 Å². The van der Waals surface area contributed by atoms with Crippen LogP contribution in [0.5, 0.6) is 11.5 Å². The van der Waals surface area contributed by atoms with Gasteiger partial charge in [0.2, 0.25) is 5.91 Å². The predicted molar refractivity (Wildman–Crippen MR) is 89.9 cm³/mol. The van der Waals surface area contributed by atoms with E-state index in [0.717, 1.165) is 12.0 Å². The molecule has 5 heteroatoms. The van der Waals surface area contributed by atoms with Gasteiger partial charge in [-0.3, -0.25) is 4.79 Å². The average molecular weight is 312 g/mol. The standard InChI is InChI=1S/C18H20N2O3/c1-3-13-4-6-14(7-5-13)11-18(22)20-19-12-15-8-9-16(21)17(10-15)23-2/h4-10,12,21H,3,11H2,1-2H3,(H,20,22)/b19-12+. The fourth-order valence-corrected chi connectivity index (χ4v) is 2.07. The Bertz CT molecular complexity index is 694. The third kappa shape index (κ3) is 4.85. The lowest BCUT2D eigenvalue weighted by Gasteiger charge is -2.04. The highest BCUT2D eigenvalue weighted by Gasteiger charge is 2.03. The molecule has 0 saturated carbocycles. The number of nitrogens with one attached hydrogen (secondary N) is 1. The Morgan fingerprint density at radius 1 is 1.22 bits per heavy atom. The molecule has 0 radical (unpaired) electrons. The monoisotopic (exact) mass is 312 g/mol. The van der Waals surface area contributed by atoms with E-state index in [-0.39, 0.29) is 18.1 Å². The second-order valence-corrected chi connectivity index (χ2v) is 5.07. The number of aryl methyl sites for hydroxylation is 1. The lowest BCUT2D eigenvalue weighted by atomic mass is 10.1. The van der Waals surface area contributed by atoms with Crippen LogP contribution >= 0.6 is 0 Å². The number of hydrogen-bond donors (Lipinski definition) is 2. The van der Waals surface area contributed by atoms with Gasteiger partial charge in [0.05, 0.1) is 19.7 Å². The molecule has 0 heterocycles. The van der Waals surface area contributed by atoms with E-state index in [0.29, 0.717) is 11.3 Å². The first-order valence-electron chi connectivity index (χ1n) is 7.39. The van der Waals surface area contributed by atoms with E-state index < -0.39 is 0 Å². The van der Waals surface area contributed by atoms with Crippen molar-refractivity contribution in [3.63, 3.8) is 0 Å². The fraction of sp³-hybridized carbons (Fsp3) is 0.222. The van der Waals surface area contributed by atoms with Crippen molar-refractivity contribution in [2.24, 2.45) is 5.10 Å². The number of nitrogens with zero attached hydrogens (tertiary/aromatic N) is 1. The molecule has 120 valence electrons. The molecule has 2 aromatic carbocycles. The third-order valence-corrected chi connectivity index (χ3v) is 3.40. The molecule has 0 aliphatic rings. The van der Waals surface area contributed by atoms with Crippen molar-refractivity contribution in [3.8, 4) is 11.5 Å².